The van der Waals surface area contributed by atoms with Crippen LogP contribution in [0.4, 0.5) is 0 Å². The molecule has 0 saturated carbocycles. The number of ether oxygens (including phenoxy) is 1. The average molecular weight is 272 g/mol. The number of hydrogen-bond donors (Lipinski definition) is 0. The summed E-state index contributed by atoms with van der Waals surface area (Å²) in [5.74, 6) is 5.74. The molecule has 3 fully saturated rings. The van der Waals surface area contributed by atoms with Gasteiger partial charge in [-0.3, -0.25) is 4.79 Å². The molecule has 96 valence electrons. The monoisotopic (exact) mass is 272 g/mol. The van der Waals surface area contributed by atoms with E-state index in [1.54, 1.807) is 0 Å². The van der Waals surface area contributed by atoms with Gasteiger partial charge >= 0.3 is 0 Å². The van der Waals surface area contributed by atoms with Gasteiger partial charge < -0.3 is 4.74 Å². The van der Waals surface area contributed by atoms with Crippen molar-refractivity contribution < 1.29 is 9.53 Å². The third-order valence-electron chi connectivity index (χ3n) is 4.46. The standard InChI is InChI=1S/C13H20O2S2/c14-12-9-17-8-11(12)10-1-4-15-13(7-10)2-5-16-6-3-13/h10-11H,1-9H2. The fourth-order valence-corrected chi connectivity index (χ4v) is 5.87. The van der Waals surface area contributed by atoms with Crippen LogP contribution in [0.15, 0.2) is 0 Å². The van der Waals surface area contributed by atoms with E-state index >= 15 is 0 Å². The number of Topliss-reactive ketones (excluding diaryl/α,β-unsaturated/α-hetero) is 1. The van der Waals surface area contributed by atoms with Gasteiger partial charge in [0, 0.05) is 18.3 Å². The minimum Gasteiger partial charge on any atom is -0.375 e. The highest BCUT2D eigenvalue weighted by molar-refractivity contribution is 8.00. The molecule has 0 aromatic rings. The van der Waals surface area contributed by atoms with Crippen molar-refractivity contribution in [3.05, 3.63) is 0 Å². The van der Waals surface area contributed by atoms with Crippen molar-refractivity contribution in [1.82, 2.24) is 0 Å². The van der Waals surface area contributed by atoms with Crippen LogP contribution >= 0.6 is 23.5 Å². The molecule has 2 unspecified atom stereocenters. The largest absolute Gasteiger partial charge is 0.375 e. The van der Waals surface area contributed by atoms with Crippen LogP contribution in [0, 0.1) is 11.8 Å². The van der Waals surface area contributed by atoms with Crippen molar-refractivity contribution in [1.29, 1.82) is 0 Å². The minimum atomic E-state index is 0.141. The molecule has 3 heterocycles. The van der Waals surface area contributed by atoms with Gasteiger partial charge in [0.25, 0.3) is 0 Å². The Labute approximate surface area is 112 Å². The quantitative estimate of drug-likeness (QED) is 0.733. The van der Waals surface area contributed by atoms with Gasteiger partial charge in [-0.1, -0.05) is 0 Å². The Morgan fingerprint density at radius 2 is 2.06 bits per heavy atom. The van der Waals surface area contributed by atoms with Gasteiger partial charge in [-0.15, -0.1) is 0 Å². The summed E-state index contributed by atoms with van der Waals surface area (Å²) in [6.45, 7) is 0.879. The maximum atomic E-state index is 11.9. The Kier molecular flexibility index (Phi) is 3.74. The number of hydrogen-bond acceptors (Lipinski definition) is 4. The average Bonchev–Trinajstić information content (AvgIpc) is 2.77. The Hall–Kier alpha value is 0.330. The van der Waals surface area contributed by atoms with Gasteiger partial charge in [-0.05, 0) is 43.1 Å². The second-order valence-corrected chi connectivity index (χ2v) is 7.74. The molecule has 3 saturated heterocycles. The van der Waals surface area contributed by atoms with E-state index in [-0.39, 0.29) is 5.60 Å². The lowest BCUT2D eigenvalue weighted by atomic mass is 9.75. The molecule has 0 radical (unpaired) electrons. The van der Waals surface area contributed by atoms with E-state index in [4.69, 9.17) is 4.74 Å². The van der Waals surface area contributed by atoms with Crippen molar-refractivity contribution in [2.45, 2.75) is 31.3 Å². The molecule has 0 amide bonds. The SMILES string of the molecule is O=C1CSCC1C1CCOC2(CCSCC2)C1. The molecular formula is C13H20O2S2. The molecule has 2 atom stereocenters. The first-order valence-corrected chi connectivity index (χ1v) is 8.92. The van der Waals surface area contributed by atoms with Crippen molar-refractivity contribution in [2.24, 2.45) is 11.8 Å². The zero-order valence-electron chi connectivity index (χ0n) is 10.2. The summed E-state index contributed by atoms with van der Waals surface area (Å²) < 4.78 is 6.10. The predicted octanol–water partition coefficient (Wildman–Crippen LogP) is 2.61. The van der Waals surface area contributed by atoms with Crippen molar-refractivity contribution in [3.8, 4) is 0 Å². The molecule has 0 aromatic carbocycles. The topological polar surface area (TPSA) is 26.3 Å². The molecule has 1 spiro atoms. The van der Waals surface area contributed by atoms with Crippen LogP contribution in [0.5, 0.6) is 0 Å². The summed E-state index contributed by atoms with van der Waals surface area (Å²) >= 11 is 3.87. The Morgan fingerprint density at radius 1 is 1.24 bits per heavy atom. The lowest BCUT2D eigenvalue weighted by Crippen LogP contribution is -2.45. The van der Waals surface area contributed by atoms with Gasteiger partial charge in [-0.2, -0.15) is 23.5 Å². The highest BCUT2D eigenvalue weighted by Gasteiger charge is 2.43. The van der Waals surface area contributed by atoms with Crippen LogP contribution in [0.2, 0.25) is 0 Å². The second-order valence-electron chi connectivity index (χ2n) is 5.48. The summed E-state index contributed by atoms with van der Waals surface area (Å²) in [6, 6.07) is 0. The van der Waals surface area contributed by atoms with E-state index in [0.29, 0.717) is 17.6 Å². The Balaban J connectivity index is 1.68. The highest BCUT2D eigenvalue weighted by Crippen LogP contribution is 2.43. The summed E-state index contributed by atoms with van der Waals surface area (Å²) in [7, 11) is 0. The predicted molar refractivity (Wildman–Crippen MR) is 73.8 cm³/mol. The van der Waals surface area contributed by atoms with Gasteiger partial charge in [0.1, 0.15) is 5.78 Å². The fourth-order valence-electron chi connectivity index (χ4n) is 3.39. The molecule has 0 N–H and O–H groups in total. The third-order valence-corrected chi connectivity index (χ3v) is 6.53. The maximum Gasteiger partial charge on any atom is 0.146 e. The first kappa shape index (κ1) is 12.4. The Morgan fingerprint density at radius 3 is 2.76 bits per heavy atom. The van der Waals surface area contributed by atoms with Crippen LogP contribution < -0.4 is 0 Å². The number of rotatable bonds is 1. The van der Waals surface area contributed by atoms with Gasteiger partial charge in [-0.25, -0.2) is 0 Å². The summed E-state index contributed by atoms with van der Waals surface area (Å²) in [5, 5.41) is 0. The van der Waals surface area contributed by atoms with Crippen molar-refractivity contribution in [2.75, 3.05) is 29.6 Å². The van der Waals surface area contributed by atoms with E-state index in [1.165, 1.54) is 24.3 Å². The van der Waals surface area contributed by atoms with Crippen molar-refractivity contribution >= 4 is 29.3 Å². The number of carbonyl (C=O) groups is 1. The lowest BCUT2D eigenvalue weighted by molar-refractivity contribution is -0.130. The number of thioether (sulfide) groups is 2. The van der Waals surface area contributed by atoms with Crippen LogP contribution in [-0.4, -0.2) is 41.0 Å². The van der Waals surface area contributed by atoms with Crippen molar-refractivity contribution in [3.63, 3.8) is 0 Å². The highest BCUT2D eigenvalue weighted by atomic mass is 32.2. The molecule has 0 aliphatic carbocycles. The molecule has 0 aromatic heterocycles. The van der Waals surface area contributed by atoms with Crippen LogP contribution in [-0.2, 0) is 9.53 Å². The first-order valence-electron chi connectivity index (χ1n) is 6.61. The summed E-state index contributed by atoms with van der Waals surface area (Å²) in [4.78, 5) is 11.9. The third kappa shape index (κ3) is 2.54. The normalized spacial score (nSPS) is 37.5. The van der Waals surface area contributed by atoms with E-state index in [0.717, 1.165) is 31.0 Å². The van der Waals surface area contributed by atoms with Gasteiger partial charge in [0.15, 0.2) is 0 Å². The second kappa shape index (κ2) is 5.14. The molecule has 0 bridgehead atoms. The molecule has 2 nitrogen and oxygen atoms in total. The van der Waals surface area contributed by atoms with E-state index < -0.39 is 0 Å². The van der Waals surface area contributed by atoms with Crippen LogP contribution in [0.1, 0.15) is 25.7 Å². The maximum absolute atomic E-state index is 11.9. The zero-order valence-corrected chi connectivity index (χ0v) is 11.8. The van der Waals surface area contributed by atoms with E-state index in [1.807, 2.05) is 23.5 Å². The molecule has 17 heavy (non-hydrogen) atoms. The zero-order chi connectivity index (χ0) is 11.7. The van der Waals surface area contributed by atoms with Crippen LogP contribution in [0.25, 0.3) is 0 Å². The smallest absolute Gasteiger partial charge is 0.146 e. The minimum absolute atomic E-state index is 0.141. The molecule has 3 aliphatic heterocycles. The summed E-state index contributed by atoms with van der Waals surface area (Å²) in [6.07, 6.45) is 4.64. The first-order chi connectivity index (χ1) is 8.29. The van der Waals surface area contributed by atoms with Crippen LogP contribution in [0.3, 0.4) is 0 Å². The number of ketones is 1. The lowest BCUT2D eigenvalue weighted by Gasteiger charge is -2.44. The van der Waals surface area contributed by atoms with E-state index in [2.05, 4.69) is 0 Å². The van der Waals surface area contributed by atoms with E-state index in [9.17, 15) is 4.79 Å². The molecule has 4 heteroatoms. The fraction of sp³-hybridized carbons (Fsp3) is 0.923. The summed E-state index contributed by atoms with van der Waals surface area (Å²) in [5.41, 5.74) is 0.141. The Bertz CT molecular complexity index is 294. The van der Waals surface area contributed by atoms with Gasteiger partial charge in [0.2, 0.25) is 0 Å². The molecule has 3 aliphatic rings. The van der Waals surface area contributed by atoms with Gasteiger partial charge in [0.05, 0.1) is 11.4 Å². The molecular weight excluding hydrogens is 252 g/mol. The number of carbonyl (C=O) groups excluding carboxylic acids is 1. The molecule has 3 rings (SSSR count).